The zero-order valence-corrected chi connectivity index (χ0v) is 13.1. The minimum absolute atomic E-state index is 0.106. The zero-order chi connectivity index (χ0) is 12.4. The van der Waals surface area contributed by atoms with Crippen molar-refractivity contribution in [2.24, 2.45) is 0 Å². The van der Waals surface area contributed by atoms with Crippen molar-refractivity contribution in [2.45, 2.75) is 19.9 Å². The van der Waals surface area contributed by atoms with Gasteiger partial charge in [0.05, 0.1) is 13.8 Å². The highest BCUT2D eigenvalue weighted by Crippen LogP contribution is 2.32. The van der Waals surface area contributed by atoms with E-state index in [0.717, 1.165) is 25.2 Å². The Morgan fingerprint density at radius 1 is 1.53 bits per heavy atom. The number of aryl methyl sites for hydroxylation is 1. The molecule has 90 valence electrons. The fourth-order valence-electron chi connectivity index (χ4n) is 1.48. The molecule has 0 amide bonds. The third-order valence-corrected chi connectivity index (χ3v) is 4.67. The summed E-state index contributed by atoms with van der Waals surface area (Å²) in [7, 11) is 0. The summed E-state index contributed by atoms with van der Waals surface area (Å²) in [5, 5.41) is 4.16. The van der Waals surface area contributed by atoms with Gasteiger partial charge in [-0.25, -0.2) is 0 Å². The number of aromatic nitrogens is 2. The Balaban J connectivity index is 2.14. The van der Waals surface area contributed by atoms with Crippen molar-refractivity contribution < 1.29 is 4.79 Å². The topological polar surface area (TPSA) is 34.9 Å². The van der Waals surface area contributed by atoms with E-state index in [-0.39, 0.29) is 5.78 Å². The molecule has 0 atom stereocenters. The van der Waals surface area contributed by atoms with E-state index in [0.29, 0.717) is 6.42 Å². The van der Waals surface area contributed by atoms with Crippen LogP contribution in [0.15, 0.2) is 26.0 Å². The van der Waals surface area contributed by atoms with Gasteiger partial charge in [0.2, 0.25) is 0 Å². The number of carbonyl (C=O) groups is 1. The van der Waals surface area contributed by atoms with E-state index >= 15 is 0 Å². The summed E-state index contributed by atoms with van der Waals surface area (Å²) in [6.45, 7) is 2.84. The summed E-state index contributed by atoms with van der Waals surface area (Å²) in [6.07, 6.45) is 4.05. The van der Waals surface area contributed by atoms with Crippen molar-refractivity contribution in [3.05, 3.63) is 37.2 Å². The highest BCUT2D eigenvalue weighted by Gasteiger charge is 2.14. The van der Waals surface area contributed by atoms with Crippen LogP contribution in [-0.4, -0.2) is 15.6 Å². The lowest BCUT2D eigenvalue weighted by Crippen LogP contribution is -2.02. The highest BCUT2D eigenvalue weighted by molar-refractivity contribution is 9.12. The first-order valence-electron chi connectivity index (χ1n) is 5.09. The fourth-order valence-corrected chi connectivity index (χ4v) is 4.34. The largest absolute Gasteiger partial charge is 0.294 e. The predicted molar refractivity (Wildman–Crippen MR) is 75.7 cm³/mol. The van der Waals surface area contributed by atoms with Crippen LogP contribution in [0.2, 0.25) is 0 Å². The van der Waals surface area contributed by atoms with Crippen molar-refractivity contribution in [2.75, 3.05) is 0 Å². The summed E-state index contributed by atoms with van der Waals surface area (Å²) in [5.41, 5.74) is 1.68. The van der Waals surface area contributed by atoms with Crippen LogP contribution in [-0.2, 0) is 13.0 Å². The van der Waals surface area contributed by atoms with Gasteiger partial charge < -0.3 is 0 Å². The van der Waals surface area contributed by atoms with Gasteiger partial charge in [0.1, 0.15) is 0 Å². The number of carbonyl (C=O) groups excluding carboxylic acids is 1. The second kappa shape index (κ2) is 5.46. The molecule has 0 spiro atoms. The average molecular weight is 378 g/mol. The van der Waals surface area contributed by atoms with Crippen molar-refractivity contribution >= 4 is 49.0 Å². The van der Waals surface area contributed by atoms with Crippen molar-refractivity contribution in [3.63, 3.8) is 0 Å². The van der Waals surface area contributed by atoms with Crippen molar-refractivity contribution in [1.29, 1.82) is 0 Å². The van der Waals surface area contributed by atoms with E-state index in [9.17, 15) is 4.79 Å². The molecule has 0 fully saturated rings. The highest BCUT2D eigenvalue weighted by atomic mass is 79.9. The van der Waals surface area contributed by atoms with Gasteiger partial charge in [-0.05, 0) is 50.4 Å². The van der Waals surface area contributed by atoms with E-state index in [1.54, 1.807) is 6.20 Å². The first kappa shape index (κ1) is 13.0. The molecule has 0 saturated heterocycles. The molecule has 3 nitrogen and oxygen atoms in total. The van der Waals surface area contributed by atoms with Crippen LogP contribution in [0.1, 0.15) is 22.8 Å². The summed E-state index contributed by atoms with van der Waals surface area (Å²) in [6, 6.07) is 1.85. The first-order chi connectivity index (χ1) is 8.10. The third kappa shape index (κ3) is 3.05. The Bertz CT molecular complexity index is 547. The number of rotatable bonds is 4. The molecule has 2 rings (SSSR count). The second-order valence-electron chi connectivity index (χ2n) is 3.54. The maximum absolute atomic E-state index is 12.1. The lowest BCUT2D eigenvalue weighted by Gasteiger charge is -1.96. The first-order valence-corrected chi connectivity index (χ1v) is 7.49. The van der Waals surface area contributed by atoms with Crippen LogP contribution >= 0.6 is 43.2 Å². The van der Waals surface area contributed by atoms with Crippen LogP contribution in [0.3, 0.4) is 0 Å². The number of Topliss-reactive ketones (excluding diaryl/α,β-unsaturated/α-hetero) is 1. The van der Waals surface area contributed by atoms with E-state index in [1.165, 1.54) is 11.3 Å². The van der Waals surface area contributed by atoms with Gasteiger partial charge >= 0.3 is 0 Å². The van der Waals surface area contributed by atoms with E-state index in [4.69, 9.17) is 0 Å². The van der Waals surface area contributed by atoms with Gasteiger partial charge in [-0.15, -0.1) is 11.3 Å². The van der Waals surface area contributed by atoms with E-state index in [2.05, 4.69) is 37.0 Å². The molecule has 2 heterocycles. The summed E-state index contributed by atoms with van der Waals surface area (Å²) in [4.78, 5) is 12.1. The maximum atomic E-state index is 12.1. The molecule has 0 aliphatic heterocycles. The molecule has 6 heteroatoms. The standard InChI is InChI=1S/C11H10Br2N2OS/c1-2-15-6-7(5-14-15)3-9(16)8-4-10(12)17-11(8)13/h4-6H,2-3H2,1H3. The van der Waals surface area contributed by atoms with Crippen molar-refractivity contribution in [3.8, 4) is 0 Å². The molecular weight excluding hydrogens is 368 g/mol. The molecular formula is C11H10Br2N2OS. The van der Waals surface area contributed by atoms with Crippen LogP contribution in [0.25, 0.3) is 0 Å². The summed E-state index contributed by atoms with van der Waals surface area (Å²) < 4.78 is 3.65. The molecule has 2 aromatic rings. The second-order valence-corrected chi connectivity index (χ2v) is 7.29. The minimum atomic E-state index is 0.106. The molecule has 0 saturated carbocycles. The number of halogens is 2. The third-order valence-electron chi connectivity index (χ3n) is 2.33. The average Bonchev–Trinajstić information content (AvgIpc) is 2.85. The van der Waals surface area contributed by atoms with Gasteiger partial charge in [-0.3, -0.25) is 9.48 Å². The Kier molecular flexibility index (Phi) is 4.17. The lowest BCUT2D eigenvalue weighted by molar-refractivity contribution is 0.0992. The van der Waals surface area contributed by atoms with Gasteiger partial charge in [0.15, 0.2) is 5.78 Å². The van der Waals surface area contributed by atoms with Gasteiger partial charge in [-0.1, -0.05) is 0 Å². The maximum Gasteiger partial charge on any atom is 0.169 e. The quantitative estimate of drug-likeness (QED) is 0.757. The Morgan fingerprint density at radius 2 is 2.29 bits per heavy atom. The van der Waals surface area contributed by atoms with Gasteiger partial charge in [0.25, 0.3) is 0 Å². The predicted octanol–water partition coefficient (Wildman–Crippen LogP) is 3.91. The number of ketones is 1. The molecule has 0 unspecified atom stereocenters. The molecule has 0 radical (unpaired) electrons. The molecule has 17 heavy (non-hydrogen) atoms. The smallest absolute Gasteiger partial charge is 0.169 e. The lowest BCUT2D eigenvalue weighted by atomic mass is 10.1. The van der Waals surface area contributed by atoms with Crippen LogP contribution < -0.4 is 0 Å². The van der Waals surface area contributed by atoms with Gasteiger partial charge in [0, 0.05) is 24.7 Å². The summed E-state index contributed by atoms with van der Waals surface area (Å²) >= 11 is 8.28. The minimum Gasteiger partial charge on any atom is -0.294 e. The fraction of sp³-hybridized carbons (Fsp3) is 0.273. The monoisotopic (exact) mass is 376 g/mol. The SMILES string of the molecule is CCn1cc(CC(=O)c2cc(Br)sc2Br)cn1. The zero-order valence-electron chi connectivity index (χ0n) is 9.11. The Hall–Kier alpha value is -0.460. The molecule has 0 aliphatic rings. The summed E-state index contributed by atoms with van der Waals surface area (Å²) in [5.74, 6) is 0.106. The normalized spacial score (nSPS) is 10.8. The number of nitrogens with zero attached hydrogens (tertiary/aromatic N) is 2. The number of hydrogen-bond acceptors (Lipinski definition) is 3. The van der Waals surface area contributed by atoms with E-state index in [1.807, 2.05) is 23.9 Å². The van der Waals surface area contributed by atoms with Crippen LogP contribution in [0.5, 0.6) is 0 Å². The molecule has 0 aliphatic carbocycles. The van der Waals surface area contributed by atoms with Gasteiger partial charge in [-0.2, -0.15) is 5.10 Å². The molecule has 0 N–H and O–H groups in total. The molecule has 0 bridgehead atoms. The van der Waals surface area contributed by atoms with Crippen LogP contribution in [0, 0.1) is 0 Å². The Labute approximate surface area is 120 Å². The van der Waals surface area contributed by atoms with Crippen LogP contribution in [0.4, 0.5) is 0 Å². The number of thiophene rings is 1. The Morgan fingerprint density at radius 3 is 2.82 bits per heavy atom. The molecule has 2 aromatic heterocycles. The van der Waals surface area contributed by atoms with E-state index < -0.39 is 0 Å². The van der Waals surface area contributed by atoms with Crippen molar-refractivity contribution in [1.82, 2.24) is 9.78 Å². The number of hydrogen-bond donors (Lipinski definition) is 0. The molecule has 0 aromatic carbocycles.